The predicted octanol–water partition coefficient (Wildman–Crippen LogP) is 5.40. The summed E-state index contributed by atoms with van der Waals surface area (Å²) >= 11 is 1.33. The summed E-state index contributed by atoms with van der Waals surface area (Å²) in [6, 6.07) is 15.1. The first-order valence-electron chi connectivity index (χ1n) is 10.8. The number of aliphatic hydroxyl groups excluding tert-OH is 1. The lowest BCUT2D eigenvalue weighted by Gasteiger charge is -2.20. The molecule has 0 spiro atoms. The number of carbonyl (C=O) groups excluding carboxylic acids is 2. The fraction of sp³-hybridized carbons (Fsp3) is 0.192. The monoisotopic (exact) mass is 474 g/mol. The van der Waals surface area contributed by atoms with Crippen molar-refractivity contribution in [3.8, 4) is 5.75 Å². The van der Waals surface area contributed by atoms with Crippen molar-refractivity contribution in [2.75, 3.05) is 12.0 Å². The molecule has 3 heterocycles. The minimum absolute atomic E-state index is 0.0435. The molecule has 7 nitrogen and oxygen atoms in total. The molecule has 5 rings (SSSR count). The molecule has 0 saturated carbocycles. The topological polar surface area (TPSA) is 92.9 Å². The zero-order chi connectivity index (χ0) is 24.0. The van der Waals surface area contributed by atoms with Gasteiger partial charge >= 0.3 is 5.91 Å². The number of rotatable bonds is 5. The number of fused-ring (bicyclic) bond motifs is 1. The number of Topliss-reactive ketones (excluding diaryl/α,β-unsaturated/α-hetero) is 1. The summed E-state index contributed by atoms with van der Waals surface area (Å²) in [5.74, 6) is -0.222. The summed E-state index contributed by atoms with van der Waals surface area (Å²) in [7, 11) is 1.54. The van der Waals surface area contributed by atoms with Crippen LogP contribution in [-0.4, -0.2) is 28.9 Å². The van der Waals surface area contributed by atoms with Crippen LogP contribution in [0, 0.1) is 6.92 Å². The highest BCUT2D eigenvalue weighted by atomic mass is 32.1. The molecule has 1 amide bonds. The average molecular weight is 475 g/mol. The molecule has 1 aliphatic rings. The van der Waals surface area contributed by atoms with Gasteiger partial charge in [-0.2, -0.15) is 0 Å². The van der Waals surface area contributed by atoms with E-state index in [9.17, 15) is 14.7 Å². The van der Waals surface area contributed by atoms with Crippen molar-refractivity contribution >= 4 is 44.1 Å². The Hall–Kier alpha value is -3.91. The first kappa shape index (κ1) is 21.9. The maximum atomic E-state index is 13.3. The fourth-order valence-electron chi connectivity index (χ4n) is 4.08. The molecule has 1 aliphatic heterocycles. The number of benzene rings is 2. The predicted molar refractivity (Wildman–Crippen MR) is 130 cm³/mol. The number of ether oxygens (including phenoxy) is 1. The van der Waals surface area contributed by atoms with E-state index in [-0.39, 0.29) is 11.3 Å². The van der Waals surface area contributed by atoms with E-state index >= 15 is 0 Å². The van der Waals surface area contributed by atoms with Crippen molar-refractivity contribution in [1.82, 2.24) is 4.98 Å². The minimum atomic E-state index is -0.943. The van der Waals surface area contributed by atoms with Crippen LogP contribution < -0.4 is 9.64 Å². The van der Waals surface area contributed by atoms with Crippen LogP contribution in [0.3, 0.4) is 0 Å². The molecule has 1 saturated heterocycles. The van der Waals surface area contributed by atoms with Crippen LogP contribution in [0.15, 0.2) is 64.6 Å². The minimum Gasteiger partial charge on any atom is -0.507 e. The highest BCUT2D eigenvalue weighted by Gasteiger charge is 2.49. The van der Waals surface area contributed by atoms with E-state index in [2.05, 4.69) is 11.9 Å². The first-order chi connectivity index (χ1) is 16.4. The number of furan rings is 1. The number of aromatic nitrogens is 1. The van der Waals surface area contributed by atoms with Gasteiger partial charge in [0.25, 0.3) is 5.78 Å². The summed E-state index contributed by atoms with van der Waals surface area (Å²) in [5, 5.41) is 11.5. The second kappa shape index (κ2) is 8.46. The van der Waals surface area contributed by atoms with Gasteiger partial charge in [-0.1, -0.05) is 24.3 Å². The Morgan fingerprint density at radius 2 is 1.91 bits per heavy atom. The molecule has 0 radical (unpaired) electrons. The molecule has 4 aromatic rings. The van der Waals surface area contributed by atoms with Crippen LogP contribution in [-0.2, 0) is 16.0 Å². The van der Waals surface area contributed by atoms with Crippen LogP contribution >= 0.6 is 11.3 Å². The summed E-state index contributed by atoms with van der Waals surface area (Å²) in [4.78, 5) is 32.5. The van der Waals surface area contributed by atoms with E-state index in [0.717, 1.165) is 22.2 Å². The normalized spacial score (nSPS) is 17.6. The number of ketones is 1. The first-order valence-corrected chi connectivity index (χ1v) is 11.6. The van der Waals surface area contributed by atoms with Crippen LogP contribution in [0.2, 0.25) is 0 Å². The van der Waals surface area contributed by atoms with E-state index < -0.39 is 17.7 Å². The Balaban J connectivity index is 1.68. The van der Waals surface area contributed by atoms with Gasteiger partial charge in [0.15, 0.2) is 5.13 Å². The average Bonchev–Trinajstić information content (AvgIpc) is 3.54. The number of hydrogen-bond donors (Lipinski definition) is 1. The molecular weight excluding hydrogens is 452 g/mol. The van der Waals surface area contributed by atoms with Crippen molar-refractivity contribution in [2.24, 2.45) is 0 Å². The summed E-state index contributed by atoms with van der Waals surface area (Å²) < 4.78 is 11.9. The van der Waals surface area contributed by atoms with Gasteiger partial charge < -0.3 is 14.3 Å². The molecular formula is C26H22N2O5S. The second-order valence-electron chi connectivity index (χ2n) is 8.00. The van der Waals surface area contributed by atoms with Gasteiger partial charge in [-0.3, -0.25) is 14.5 Å². The van der Waals surface area contributed by atoms with Crippen molar-refractivity contribution in [1.29, 1.82) is 0 Å². The van der Waals surface area contributed by atoms with Gasteiger partial charge in [0.1, 0.15) is 29.1 Å². The summed E-state index contributed by atoms with van der Waals surface area (Å²) in [6.07, 6.45) is 0.876. The largest absolute Gasteiger partial charge is 0.507 e. The van der Waals surface area contributed by atoms with Crippen LogP contribution in [0.4, 0.5) is 5.13 Å². The zero-order valence-corrected chi connectivity index (χ0v) is 19.7. The smallest absolute Gasteiger partial charge is 0.302 e. The Morgan fingerprint density at radius 3 is 2.56 bits per heavy atom. The third kappa shape index (κ3) is 3.56. The van der Waals surface area contributed by atoms with E-state index in [4.69, 9.17) is 9.15 Å². The van der Waals surface area contributed by atoms with E-state index in [1.807, 2.05) is 18.2 Å². The lowest BCUT2D eigenvalue weighted by atomic mass is 9.99. The molecule has 1 N–H and O–H groups in total. The van der Waals surface area contributed by atoms with Gasteiger partial charge in [0, 0.05) is 5.56 Å². The molecule has 0 unspecified atom stereocenters. The van der Waals surface area contributed by atoms with Crippen molar-refractivity contribution < 1.29 is 23.8 Å². The second-order valence-corrected chi connectivity index (χ2v) is 9.01. The third-order valence-corrected chi connectivity index (χ3v) is 6.91. The number of nitrogens with zero attached hydrogens (tertiary/aromatic N) is 2. The molecule has 0 aliphatic carbocycles. The van der Waals surface area contributed by atoms with Crippen molar-refractivity contribution in [3.05, 3.63) is 82.8 Å². The Labute approximate surface area is 199 Å². The van der Waals surface area contributed by atoms with Crippen LogP contribution in [0.25, 0.3) is 16.0 Å². The highest BCUT2D eigenvalue weighted by Crippen LogP contribution is 2.44. The summed E-state index contributed by atoms with van der Waals surface area (Å²) in [6.45, 7) is 3.85. The number of aryl methyl sites for hydroxylation is 2. The quantitative estimate of drug-likeness (QED) is 0.237. The Bertz CT molecular complexity index is 1450. The molecule has 1 atom stereocenters. The number of hydrogen-bond acceptors (Lipinski definition) is 7. The maximum Gasteiger partial charge on any atom is 0.302 e. The van der Waals surface area contributed by atoms with Gasteiger partial charge in [0.05, 0.1) is 22.9 Å². The van der Waals surface area contributed by atoms with Crippen molar-refractivity contribution in [3.63, 3.8) is 0 Å². The molecule has 2 aromatic heterocycles. The van der Waals surface area contributed by atoms with E-state index in [1.165, 1.54) is 16.2 Å². The van der Waals surface area contributed by atoms with Gasteiger partial charge in [-0.05, 0) is 67.4 Å². The molecule has 1 fully saturated rings. The maximum absolute atomic E-state index is 13.3. The van der Waals surface area contributed by atoms with E-state index in [1.54, 1.807) is 50.4 Å². The lowest BCUT2D eigenvalue weighted by molar-refractivity contribution is -0.132. The fourth-order valence-corrected chi connectivity index (χ4v) is 5.14. The van der Waals surface area contributed by atoms with Gasteiger partial charge in [0.2, 0.25) is 0 Å². The third-order valence-electron chi connectivity index (χ3n) is 5.89. The highest BCUT2D eigenvalue weighted by molar-refractivity contribution is 7.22. The molecule has 34 heavy (non-hydrogen) atoms. The summed E-state index contributed by atoms with van der Waals surface area (Å²) in [5.41, 5.74) is 2.24. The molecule has 2 aromatic carbocycles. The lowest BCUT2D eigenvalue weighted by Crippen LogP contribution is -2.29. The Morgan fingerprint density at radius 1 is 1.15 bits per heavy atom. The Kier molecular flexibility index (Phi) is 5.45. The number of thiazole rings is 1. The van der Waals surface area contributed by atoms with Gasteiger partial charge in [-0.25, -0.2) is 4.98 Å². The van der Waals surface area contributed by atoms with Crippen LogP contribution in [0.5, 0.6) is 5.75 Å². The standard InChI is InChI=1S/C26H22N2O5S/c1-4-15-6-11-18-20(13-15)34-26(27-18)28-22(19-12-5-14(2)33-19)21(24(30)25(28)31)23(29)16-7-9-17(32-3)10-8-16/h5-13,22,29H,4H2,1-3H3/t22-/m1/s1. The van der Waals surface area contributed by atoms with Gasteiger partial charge in [-0.15, -0.1) is 0 Å². The zero-order valence-electron chi connectivity index (χ0n) is 18.9. The number of amides is 1. The van der Waals surface area contributed by atoms with Crippen LogP contribution in [0.1, 0.15) is 35.6 Å². The molecule has 8 heteroatoms. The number of aliphatic hydroxyl groups is 1. The number of methoxy groups -OCH3 is 1. The SMILES string of the molecule is CCc1ccc2nc(N3C(=O)C(=O)C(=C(O)c4ccc(OC)cc4)[C@H]3c3ccc(C)o3)sc2c1. The van der Waals surface area contributed by atoms with Crippen molar-refractivity contribution in [2.45, 2.75) is 26.3 Å². The number of carbonyl (C=O) groups is 2. The molecule has 172 valence electrons. The molecule has 0 bridgehead atoms. The van der Waals surface area contributed by atoms with E-state index in [0.29, 0.717) is 28.0 Å². The number of anilines is 1.